The minimum absolute atomic E-state index is 0.328. The molecule has 2 nitrogen and oxygen atoms in total. The minimum Gasteiger partial charge on any atom is -0.332 e. The van der Waals surface area contributed by atoms with Gasteiger partial charge in [0.25, 0.3) is 0 Å². The van der Waals surface area contributed by atoms with Crippen LogP contribution in [0.15, 0.2) is 29.5 Å². The van der Waals surface area contributed by atoms with E-state index >= 15 is 0 Å². The Hall–Kier alpha value is -1.05. The average molecular weight is 178 g/mol. The van der Waals surface area contributed by atoms with E-state index in [1.54, 1.807) is 0 Å². The topological polar surface area (TPSA) is 15.6 Å². The molecule has 13 heavy (non-hydrogen) atoms. The van der Waals surface area contributed by atoms with E-state index in [0.29, 0.717) is 12.1 Å². The molecule has 0 N–H and O–H groups in total. The number of aliphatic imine (C=N–C) groups is 1. The van der Waals surface area contributed by atoms with E-state index in [9.17, 15) is 0 Å². The van der Waals surface area contributed by atoms with Gasteiger partial charge in [0, 0.05) is 31.0 Å². The molecule has 2 unspecified atom stereocenters. The fourth-order valence-electron chi connectivity index (χ4n) is 1.46. The first kappa shape index (κ1) is 10.0. The summed E-state index contributed by atoms with van der Waals surface area (Å²) in [7, 11) is 0. The van der Waals surface area contributed by atoms with Gasteiger partial charge in [-0.1, -0.05) is 32.9 Å². The molecule has 2 atom stereocenters. The predicted molar refractivity (Wildman–Crippen MR) is 57.5 cm³/mol. The Labute approximate surface area is 80.7 Å². The van der Waals surface area contributed by atoms with Gasteiger partial charge < -0.3 is 4.90 Å². The van der Waals surface area contributed by atoms with Crippen molar-refractivity contribution in [2.24, 2.45) is 10.9 Å². The van der Waals surface area contributed by atoms with Crippen molar-refractivity contribution in [1.82, 2.24) is 4.90 Å². The van der Waals surface area contributed by atoms with E-state index < -0.39 is 0 Å². The molecular formula is C11H18N2. The SMILES string of the molecule is CC.CC1C=CN2C=CCC=NC12. The largest absolute Gasteiger partial charge is 0.332 e. The number of allylic oxidation sites excluding steroid dienone is 1. The Morgan fingerprint density at radius 1 is 1.31 bits per heavy atom. The van der Waals surface area contributed by atoms with Gasteiger partial charge in [-0.15, -0.1) is 0 Å². The number of hydrogen-bond acceptors (Lipinski definition) is 2. The summed E-state index contributed by atoms with van der Waals surface area (Å²) in [6.07, 6.45) is 11.8. The van der Waals surface area contributed by atoms with Gasteiger partial charge in [0.1, 0.15) is 6.17 Å². The van der Waals surface area contributed by atoms with Crippen LogP contribution in [0.3, 0.4) is 0 Å². The maximum atomic E-state index is 4.44. The summed E-state index contributed by atoms with van der Waals surface area (Å²) in [6.45, 7) is 6.19. The molecule has 0 spiro atoms. The van der Waals surface area contributed by atoms with Gasteiger partial charge in [0.15, 0.2) is 0 Å². The molecule has 0 aliphatic carbocycles. The zero-order valence-electron chi connectivity index (χ0n) is 8.64. The van der Waals surface area contributed by atoms with E-state index in [1.165, 1.54) is 0 Å². The maximum Gasteiger partial charge on any atom is 0.130 e. The molecule has 2 heteroatoms. The lowest BCUT2D eigenvalue weighted by Crippen LogP contribution is -2.23. The fraction of sp³-hybridized carbons (Fsp3) is 0.545. The maximum absolute atomic E-state index is 4.44. The third-order valence-corrected chi connectivity index (χ3v) is 2.11. The first-order chi connectivity index (χ1) is 6.38. The monoisotopic (exact) mass is 178 g/mol. The molecule has 72 valence electrons. The molecule has 0 saturated heterocycles. The van der Waals surface area contributed by atoms with Crippen molar-refractivity contribution in [2.75, 3.05) is 0 Å². The van der Waals surface area contributed by atoms with Gasteiger partial charge in [0.2, 0.25) is 0 Å². The van der Waals surface area contributed by atoms with Crippen molar-refractivity contribution in [3.63, 3.8) is 0 Å². The van der Waals surface area contributed by atoms with E-state index in [0.717, 1.165) is 6.42 Å². The second-order valence-corrected chi connectivity index (χ2v) is 3.01. The van der Waals surface area contributed by atoms with Crippen molar-refractivity contribution >= 4 is 6.21 Å². The van der Waals surface area contributed by atoms with Crippen LogP contribution < -0.4 is 0 Å². The zero-order valence-corrected chi connectivity index (χ0v) is 8.64. The molecule has 2 heterocycles. The Balaban J connectivity index is 0.000000396. The van der Waals surface area contributed by atoms with Crippen molar-refractivity contribution in [1.29, 1.82) is 0 Å². The summed E-state index contributed by atoms with van der Waals surface area (Å²) < 4.78 is 0. The normalized spacial score (nSPS) is 29.3. The Morgan fingerprint density at radius 2 is 2.08 bits per heavy atom. The van der Waals surface area contributed by atoms with Crippen LogP contribution in [0.5, 0.6) is 0 Å². The highest BCUT2D eigenvalue weighted by Crippen LogP contribution is 2.23. The Bertz CT molecular complexity index is 228. The third-order valence-electron chi connectivity index (χ3n) is 2.11. The van der Waals surface area contributed by atoms with Crippen LogP contribution in [-0.4, -0.2) is 17.3 Å². The van der Waals surface area contributed by atoms with E-state index in [2.05, 4.69) is 41.4 Å². The van der Waals surface area contributed by atoms with Gasteiger partial charge in [-0.05, 0) is 0 Å². The Kier molecular flexibility index (Phi) is 3.74. The van der Waals surface area contributed by atoms with E-state index in [4.69, 9.17) is 0 Å². The fourth-order valence-corrected chi connectivity index (χ4v) is 1.46. The molecule has 0 bridgehead atoms. The quantitative estimate of drug-likeness (QED) is 0.557. The number of nitrogens with zero attached hydrogens (tertiary/aromatic N) is 2. The van der Waals surface area contributed by atoms with Gasteiger partial charge in [-0.25, -0.2) is 0 Å². The van der Waals surface area contributed by atoms with Crippen LogP contribution in [0.2, 0.25) is 0 Å². The van der Waals surface area contributed by atoms with Crippen LogP contribution in [-0.2, 0) is 0 Å². The molecule has 2 aliphatic rings. The Morgan fingerprint density at radius 3 is 2.85 bits per heavy atom. The highest BCUT2D eigenvalue weighted by atomic mass is 15.2. The molecule has 2 rings (SSSR count). The summed E-state index contributed by atoms with van der Waals surface area (Å²) in [6, 6.07) is 0. The first-order valence-corrected chi connectivity index (χ1v) is 5.02. The summed E-state index contributed by atoms with van der Waals surface area (Å²) >= 11 is 0. The van der Waals surface area contributed by atoms with Crippen LogP contribution in [0.4, 0.5) is 0 Å². The summed E-state index contributed by atoms with van der Waals surface area (Å²) in [5, 5.41) is 0. The minimum atomic E-state index is 0.328. The van der Waals surface area contributed by atoms with Crippen molar-refractivity contribution in [3.8, 4) is 0 Å². The molecular weight excluding hydrogens is 160 g/mol. The van der Waals surface area contributed by atoms with Gasteiger partial charge >= 0.3 is 0 Å². The molecule has 0 amide bonds. The van der Waals surface area contributed by atoms with E-state index in [1.807, 2.05) is 20.1 Å². The number of rotatable bonds is 0. The van der Waals surface area contributed by atoms with Gasteiger partial charge in [-0.2, -0.15) is 0 Å². The first-order valence-electron chi connectivity index (χ1n) is 5.02. The number of hydrogen-bond donors (Lipinski definition) is 0. The van der Waals surface area contributed by atoms with Crippen molar-refractivity contribution < 1.29 is 0 Å². The third kappa shape index (κ3) is 2.20. The molecule has 0 fully saturated rings. The smallest absolute Gasteiger partial charge is 0.130 e. The van der Waals surface area contributed by atoms with Crippen molar-refractivity contribution in [2.45, 2.75) is 33.4 Å². The van der Waals surface area contributed by atoms with Gasteiger partial charge in [-0.3, -0.25) is 4.99 Å². The summed E-state index contributed by atoms with van der Waals surface area (Å²) in [5.74, 6) is 0.550. The molecule has 0 saturated carbocycles. The van der Waals surface area contributed by atoms with Crippen LogP contribution in [0.1, 0.15) is 27.2 Å². The molecule has 2 aliphatic heterocycles. The molecule has 0 aromatic heterocycles. The lowest BCUT2D eigenvalue weighted by molar-refractivity contribution is 0.355. The molecule has 0 aromatic rings. The van der Waals surface area contributed by atoms with Crippen molar-refractivity contribution in [3.05, 3.63) is 24.6 Å². The second-order valence-electron chi connectivity index (χ2n) is 3.01. The summed E-state index contributed by atoms with van der Waals surface area (Å²) in [4.78, 5) is 6.60. The lowest BCUT2D eigenvalue weighted by atomic mass is 10.1. The van der Waals surface area contributed by atoms with Crippen LogP contribution >= 0.6 is 0 Å². The highest BCUT2D eigenvalue weighted by Gasteiger charge is 2.23. The zero-order chi connectivity index (χ0) is 9.68. The highest BCUT2D eigenvalue weighted by molar-refractivity contribution is 5.60. The molecule has 0 aromatic carbocycles. The van der Waals surface area contributed by atoms with Gasteiger partial charge in [0.05, 0.1) is 0 Å². The molecule has 0 radical (unpaired) electrons. The average Bonchev–Trinajstić information content (AvgIpc) is 2.44. The standard InChI is InChI=1S/C9H12N2.C2H6/c1-8-4-7-11-6-3-2-5-10-9(8)11;1-2/h3-9H,2H2,1H3;1-2H3. The second kappa shape index (κ2) is 4.85. The van der Waals surface area contributed by atoms with Crippen LogP contribution in [0, 0.1) is 5.92 Å². The predicted octanol–water partition coefficient (Wildman–Crippen LogP) is 2.79. The van der Waals surface area contributed by atoms with E-state index in [-0.39, 0.29) is 0 Å². The summed E-state index contributed by atoms with van der Waals surface area (Å²) in [5.41, 5.74) is 0. The lowest BCUT2D eigenvalue weighted by Gasteiger charge is -2.19. The van der Waals surface area contributed by atoms with Crippen LogP contribution in [0.25, 0.3) is 0 Å². The number of fused-ring (bicyclic) bond motifs is 1.